The molecule has 312 valence electrons. The van der Waals surface area contributed by atoms with Crippen LogP contribution < -0.4 is 11.1 Å². The molecule has 4 aromatic carbocycles. The number of nitrogens with zero attached hydrogens (tertiary/aromatic N) is 4. The third-order valence-corrected chi connectivity index (χ3v) is 14.4. The molecule has 0 saturated carbocycles. The maximum atomic E-state index is 14.1. The average molecular weight is 918 g/mol. The van der Waals surface area contributed by atoms with Gasteiger partial charge in [-0.25, -0.2) is 45.6 Å². The van der Waals surface area contributed by atoms with Crippen molar-refractivity contribution in [3.05, 3.63) is 95.0 Å². The fourth-order valence-electron chi connectivity index (χ4n) is 4.78. The van der Waals surface area contributed by atoms with Gasteiger partial charge in [0.25, 0.3) is 0 Å². The van der Waals surface area contributed by atoms with Crippen LogP contribution in [0.2, 0.25) is 10.0 Å². The monoisotopic (exact) mass is 916 g/mol. The van der Waals surface area contributed by atoms with Gasteiger partial charge in [-0.05, 0) is 95.8 Å². The van der Waals surface area contributed by atoms with Crippen LogP contribution in [0.1, 0.15) is 48.5 Å². The zero-order chi connectivity index (χ0) is 42.7. The smallest absolute Gasteiger partial charge is 0.186 e. The Balaban J connectivity index is 0.000000257. The number of sulfone groups is 2. The maximum absolute atomic E-state index is 14.1. The predicted molar refractivity (Wildman–Crippen MR) is 230 cm³/mol. The van der Waals surface area contributed by atoms with E-state index < -0.39 is 46.6 Å². The van der Waals surface area contributed by atoms with Crippen molar-refractivity contribution in [2.75, 3.05) is 16.8 Å². The highest BCUT2D eigenvalue weighted by atomic mass is 35.5. The highest BCUT2D eigenvalue weighted by Crippen LogP contribution is 2.38. The lowest BCUT2D eigenvalue weighted by Crippen LogP contribution is -2.28. The molecule has 58 heavy (non-hydrogen) atoms. The summed E-state index contributed by atoms with van der Waals surface area (Å²) in [6.07, 6.45) is 2.65. The van der Waals surface area contributed by atoms with E-state index in [1.54, 1.807) is 26.8 Å². The summed E-state index contributed by atoms with van der Waals surface area (Å²) < 4.78 is 75.1. The van der Waals surface area contributed by atoms with Crippen LogP contribution in [0.5, 0.6) is 11.5 Å². The second kappa shape index (κ2) is 18.8. The minimum absolute atomic E-state index is 0. The van der Waals surface area contributed by atoms with Crippen LogP contribution in [0.4, 0.5) is 26.0 Å². The van der Waals surface area contributed by atoms with Crippen molar-refractivity contribution >= 4 is 106 Å². The minimum Gasteiger partial charge on any atom is -0.507 e. The van der Waals surface area contributed by atoms with E-state index in [4.69, 9.17) is 28.9 Å². The zero-order valence-electron chi connectivity index (χ0n) is 32.2. The van der Waals surface area contributed by atoms with E-state index in [0.717, 1.165) is 11.8 Å². The number of hydrogen-bond donors (Lipinski definition) is 4. The van der Waals surface area contributed by atoms with Gasteiger partial charge in [0.15, 0.2) is 19.7 Å². The molecule has 2 aromatic heterocycles. The lowest BCUT2D eigenvalue weighted by molar-refractivity contribution is 0.456. The summed E-state index contributed by atoms with van der Waals surface area (Å²) in [7, 11) is -7.47. The van der Waals surface area contributed by atoms with Gasteiger partial charge in [0.05, 0.1) is 31.9 Å². The normalized spacial score (nSPS) is 11.8. The van der Waals surface area contributed by atoms with Gasteiger partial charge in [-0.3, -0.25) is 0 Å². The average Bonchev–Trinajstić information content (AvgIpc) is 3.10. The predicted octanol–water partition coefficient (Wildman–Crippen LogP) is 9.95. The Hall–Kier alpha value is -4.26. The molecule has 0 fully saturated rings. The first-order valence-electron chi connectivity index (χ1n) is 16.9. The standard InChI is InChI=1S/C18H17ClFN3O3S.C14H18N2O3S2.C6H5ClFN.ClH/c1-18(2,3)27(25,26)16-7-11-14(8-15(16)24)21-9-22-17(11)23-13-5-4-10(19)6-12(13)20;1-5-20-13-9-6-12(21(18,19)14(2,3)4)11(17)7-10(9)15-8-16-13;7-4-1-2-6(9)5(8)3-4;/h4-9,24H,1-3H3,(H,21,22,23);6-8,17H,5H2,1-4H3;1-3H,9H2;1H. The molecule has 0 unspecified atom stereocenters. The highest BCUT2D eigenvalue weighted by molar-refractivity contribution is 7.99. The highest BCUT2D eigenvalue weighted by Gasteiger charge is 2.35. The number of rotatable bonds is 6. The molecule has 0 atom stereocenters. The maximum Gasteiger partial charge on any atom is 0.186 e. The number of phenolic OH excluding ortho intramolecular Hbond substituents is 2. The van der Waals surface area contributed by atoms with Crippen molar-refractivity contribution in [3.8, 4) is 11.5 Å². The van der Waals surface area contributed by atoms with Gasteiger partial charge >= 0.3 is 0 Å². The number of aromatic hydroxyl groups is 2. The number of nitrogens with one attached hydrogen (secondary N) is 1. The Morgan fingerprint density at radius 3 is 1.64 bits per heavy atom. The van der Waals surface area contributed by atoms with Gasteiger partial charge in [0.2, 0.25) is 0 Å². The Kier molecular flexibility index (Phi) is 15.6. The van der Waals surface area contributed by atoms with E-state index in [9.17, 15) is 35.8 Å². The molecule has 5 N–H and O–H groups in total. The van der Waals surface area contributed by atoms with E-state index in [-0.39, 0.29) is 50.2 Å². The third-order valence-electron chi connectivity index (χ3n) is 8.01. The van der Waals surface area contributed by atoms with Gasteiger partial charge in [-0.2, -0.15) is 0 Å². The van der Waals surface area contributed by atoms with Crippen LogP contribution in [0.15, 0.2) is 88.1 Å². The molecule has 0 spiro atoms. The SMILES string of the molecule is CC(C)(C)S(=O)(=O)c1cc2c(Nc3ccc(Cl)cc3F)ncnc2cc1O.CCSc1ncnc2cc(O)c(S(=O)(=O)C(C)(C)C)cc12.Cl.Nc1ccc(Cl)cc1F. The molecule has 0 aliphatic carbocycles. The summed E-state index contributed by atoms with van der Waals surface area (Å²) in [5.41, 5.74) is 6.24. The third kappa shape index (κ3) is 10.9. The van der Waals surface area contributed by atoms with Gasteiger partial charge in [0.1, 0.15) is 56.4 Å². The molecule has 2 heterocycles. The summed E-state index contributed by atoms with van der Waals surface area (Å²) in [5, 5.41) is 25.4. The molecule has 6 rings (SSSR count). The van der Waals surface area contributed by atoms with Crippen LogP contribution in [0.25, 0.3) is 21.8 Å². The molecule has 0 amide bonds. The van der Waals surface area contributed by atoms with Crippen molar-refractivity contribution < 1.29 is 35.8 Å². The van der Waals surface area contributed by atoms with Gasteiger partial charge < -0.3 is 21.3 Å². The largest absolute Gasteiger partial charge is 0.507 e. The molecular formula is C38H41Cl3F2N6O6S3. The van der Waals surface area contributed by atoms with Gasteiger partial charge in [-0.1, -0.05) is 30.1 Å². The summed E-state index contributed by atoms with van der Waals surface area (Å²) >= 11 is 12.7. The van der Waals surface area contributed by atoms with Gasteiger partial charge in [0, 0.05) is 33.0 Å². The van der Waals surface area contributed by atoms with E-state index in [1.807, 2.05) is 6.92 Å². The lowest BCUT2D eigenvalue weighted by atomic mass is 10.2. The molecular weight excluding hydrogens is 877 g/mol. The van der Waals surface area contributed by atoms with E-state index in [1.165, 1.54) is 93.7 Å². The number of benzene rings is 4. The molecule has 0 saturated heterocycles. The molecule has 0 aliphatic heterocycles. The summed E-state index contributed by atoms with van der Waals surface area (Å²) in [6, 6.07) is 13.7. The quantitative estimate of drug-likeness (QED) is 0.0700. The number of nitrogen functional groups attached to an aromatic ring is 1. The van der Waals surface area contributed by atoms with Crippen molar-refractivity contribution in [1.29, 1.82) is 0 Å². The second-order valence-corrected chi connectivity index (χ2v) is 21.6. The number of fused-ring (bicyclic) bond motifs is 2. The van der Waals surface area contributed by atoms with Crippen LogP contribution >= 0.6 is 47.4 Å². The van der Waals surface area contributed by atoms with E-state index in [0.29, 0.717) is 31.9 Å². The fraction of sp³-hybridized carbons (Fsp3) is 0.263. The first-order chi connectivity index (χ1) is 26.4. The number of halogens is 5. The summed E-state index contributed by atoms with van der Waals surface area (Å²) in [5.74, 6) is -0.720. The van der Waals surface area contributed by atoms with Crippen molar-refractivity contribution in [1.82, 2.24) is 19.9 Å². The number of thioether (sulfide) groups is 1. The molecule has 20 heteroatoms. The summed E-state index contributed by atoms with van der Waals surface area (Å²) in [4.78, 5) is 16.1. The first-order valence-corrected chi connectivity index (χ1v) is 21.6. The lowest BCUT2D eigenvalue weighted by Gasteiger charge is -2.20. The molecule has 0 radical (unpaired) electrons. The topological polar surface area (TPSA) is 198 Å². The number of anilines is 3. The molecule has 0 aliphatic rings. The van der Waals surface area contributed by atoms with Crippen LogP contribution in [0, 0.1) is 11.6 Å². The number of aromatic nitrogens is 4. The Bertz CT molecular complexity index is 2680. The zero-order valence-corrected chi connectivity index (χ0v) is 37.0. The van der Waals surface area contributed by atoms with Crippen molar-refractivity contribution in [2.45, 2.75) is 72.8 Å². The van der Waals surface area contributed by atoms with Crippen molar-refractivity contribution in [2.24, 2.45) is 0 Å². The van der Waals surface area contributed by atoms with Crippen LogP contribution in [-0.2, 0) is 19.7 Å². The Morgan fingerprint density at radius 1 is 0.707 bits per heavy atom. The van der Waals surface area contributed by atoms with Crippen LogP contribution in [-0.4, -0.2) is 62.2 Å². The fourth-order valence-corrected chi connectivity index (χ4v) is 8.35. The Morgan fingerprint density at radius 2 is 1.17 bits per heavy atom. The number of hydrogen-bond acceptors (Lipinski definition) is 13. The second-order valence-electron chi connectivity index (χ2n) is 14.2. The number of nitrogens with two attached hydrogens (primary N) is 1. The van der Waals surface area contributed by atoms with E-state index >= 15 is 0 Å². The molecule has 0 bridgehead atoms. The molecule has 12 nitrogen and oxygen atoms in total. The van der Waals surface area contributed by atoms with E-state index in [2.05, 4.69) is 25.3 Å². The van der Waals surface area contributed by atoms with Gasteiger partial charge in [-0.15, -0.1) is 24.2 Å². The van der Waals surface area contributed by atoms with Crippen molar-refractivity contribution in [3.63, 3.8) is 0 Å². The van der Waals surface area contributed by atoms with Crippen LogP contribution in [0.3, 0.4) is 0 Å². The minimum atomic E-state index is -3.83. The first kappa shape index (κ1) is 48.1. The summed E-state index contributed by atoms with van der Waals surface area (Å²) in [6.45, 7) is 11.4. The number of phenols is 2. The molecule has 6 aromatic rings. The Labute approximate surface area is 355 Å².